The van der Waals surface area contributed by atoms with E-state index in [1.165, 1.54) is 0 Å². The van der Waals surface area contributed by atoms with E-state index in [4.69, 9.17) is 11.6 Å². The van der Waals surface area contributed by atoms with Gasteiger partial charge in [0.15, 0.2) is 0 Å². The molecule has 2 aromatic carbocycles. The Morgan fingerprint density at radius 3 is 2.57 bits per heavy atom. The van der Waals surface area contributed by atoms with E-state index < -0.39 is 0 Å². The zero-order valence-electron chi connectivity index (χ0n) is 12.3. The number of para-hydroxylation sites is 1. The number of hydrogen-bond acceptors (Lipinski definition) is 2. The first-order valence-corrected chi connectivity index (χ1v) is 7.11. The van der Waals surface area contributed by atoms with Crippen LogP contribution in [-0.2, 0) is 0 Å². The molecular formula is C17H18ClNO2. The highest BCUT2D eigenvalue weighted by atomic mass is 35.5. The minimum atomic E-state index is -0.239. The Hall–Kier alpha value is -2.00. The molecule has 0 aliphatic carbocycles. The summed E-state index contributed by atoms with van der Waals surface area (Å²) in [5.74, 6) is 0.0678. The maximum Gasteiger partial charge on any atom is 0.254 e. The van der Waals surface area contributed by atoms with Crippen LogP contribution in [0.4, 0.5) is 0 Å². The lowest BCUT2D eigenvalue weighted by molar-refractivity contribution is 0.0740. The van der Waals surface area contributed by atoms with Crippen LogP contribution in [0.15, 0.2) is 42.5 Å². The summed E-state index contributed by atoms with van der Waals surface area (Å²) in [6.45, 7) is 3.76. The van der Waals surface area contributed by atoms with E-state index in [-0.39, 0.29) is 17.7 Å². The van der Waals surface area contributed by atoms with Crippen molar-refractivity contribution in [2.75, 3.05) is 7.05 Å². The van der Waals surface area contributed by atoms with E-state index in [2.05, 4.69) is 0 Å². The summed E-state index contributed by atoms with van der Waals surface area (Å²) in [6, 6.07) is 12.1. The Balaban J connectivity index is 2.31. The van der Waals surface area contributed by atoms with Crippen molar-refractivity contribution < 1.29 is 9.90 Å². The van der Waals surface area contributed by atoms with Gasteiger partial charge in [0, 0.05) is 23.2 Å². The molecule has 1 unspecified atom stereocenters. The molecule has 0 radical (unpaired) electrons. The Kier molecular flexibility index (Phi) is 4.53. The molecule has 1 atom stereocenters. The Morgan fingerprint density at radius 1 is 1.24 bits per heavy atom. The van der Waals surface area contributed by atoms with Crippen LogP contribution in [0.1, 0.15) is 34.5 Å². The predicted molar refractivity (Wildman–Crippen MR) is 84.8 cm³/mol. The maximum atomic E-state index is 12.6. The van der Waals surface area contributed by atoms with Crippen LogP contribution >= 0.6 is 11.6 Å². The van der Waals surface area contributed by atoms with Crippen molar-refractivity contribution in [3.8, 4) is 5.75 Å². The third-order valence-electron chi connectivity index (χ3n) is 3.72. The SMILES string of the molecule is Cc1ccc(Cl)cc1C(=O)N(C)C(C)c1ccccc1O. The number of carbonyl (C=O) groups is 1. The first-order chi connectivity index (χ1) is 9.91. The number of carbonyl (C=O) groups excluding carboxylic acids is 1. The molecular weight excluding hydrogens is 286 g/mol. The molecule has 2 aromatic rings. The normalized spacial score (nSPS) is 12.0. The van der Waals surface area contributed by atoms with Crippen molar-refractivity contribution in [1.82, 2.24) is 4.90 Å². The van der Waals surface area contributed by atoms with Gasteiger partial charge in [0.1, 0.15) is 5.75 Å². The number of nitrogens with zero attached hydrogens (tertiary/aromatic N) is 1. The van der Waals surface area contributed by atoms with Gasteiger partial charge in [-0.3, -0.25) is 4.79 Å². The number of phenols is 1. The molecule has 110 valence electrons. The molecule has 4 heteroatoms. The molecule has 0 spiro atoms. The highest BCUT2D eigenvalue weighted by Gasteiger charge is 2.22. The fourth-order valence-corrected chi connectivity index (χ4v) is 2.41. The van der Waals surface area contributed by atoms with Crippen LogP contribution in [0.5, 0.6) is 5.75 Å². The molecule has 3 nitrogen and oxygen atoms in total. The Morgan fingerprint density at radius 2 is 1.90 bits per heavy atom. The van der Waals surface area contributed by atoms with Gasteiger partial charge in [-0.1, -0.05) is 35.9 Å². The van der Waals surface area contributed by atoms with Gasteiger partial charge >= 0.3 is 0 Å². The van der Waals surface area contributed by atoms with Crippen LogP contribution in [0.25, 0.3) is 0 Å². The quantitative estimate of drug-likeness (QED) is 0.923. The third kappa shape index (κ3) is 3.19. The summed E-state index contributed by atoms with van der Waals surface area (Å²) in [5.41, 5.74) is 2.17. The number of aromatic hydroxyl groups is 1. The highest BCUT2D eigenvalue weighted by molar-refractivity contribution is 6.31. The van der Waals surface area contributed by atoms with Gasteiger partial charge in [0.25, 0.3) is 5.91 Å². The molecule has 0 saturated heterocycles. The fourth-order valence-electron chi connectivity index (χ4n) is 2.24. The van der Waals surface area contributed by atoms with Crippen molar-refractivity contribution in [1.29, 1.82) is 0 Å². The van der Waals surface area contributed by atoms with E-state index in [9.17, 15) is 9.90 Å². The summed E-state index contributed by atoms with van der Waals surface area (Å²) in [4.78, 5) is 14.2. The summed E-state index contributed by atoms with van der Waals surface area (Å²) >= 11 is 5.98. The van der Waals surface area contributed by atoms with Crippen LogP contribution in [0.3, 0.4) is 0 Å². The van der Waals surface area contributed by atoms with Crippen molar-refractivity contribution in [3.63, 3.8) is 0 Å². The lowest BCUT2D eigenvalue weighted by Crippen LogP contribution is -2.30. The van der Waals surface area contributed by atoms with Crippen LogP contribution in [0, 0.1) is 6.92 Å². The van der Waals surface area contributed by atoms with Gasteiger partial charge in [-0.15, -0.1) is 0 Å². The zero-order valence-corrected chi connectivity index (χ0v) is 13.1. The van der Waals surface area contributed by atoms with Crippen LogP contribution < -0.4 is 0 Å². The standard InChI is InChI=1S/C17H18ClNO2/c1-11-8-9-13(18)10-15(11)17(21)19(3)12(2)14-6-4-5-7-16(14)20/h4-10,12,20H,1-3H3. The lowest BCUT2D eigenvalue weighted by atomic mass is 10.0. The van der Waals surface area contributed by atoms with E-state index >= 15 is 0 Å². The summed E-state index contributed by atoms with van der Waals surface area (Å²) in [7, 11) is 1.72. The number of halogens is 1. The Labute approximate surface area is 129 Å². The number of hydrogen-bond donors (Lipinski definition) is 1. The smallest absolute Gasteiger partial charge is 0.254 e. The van der Waals surface area contributed by atoms with Gasteiger partial charge in [0.2, 0.25) is 0 Å². The largest absolute Gasteiger partial charge is 0.508 e. The average Bonchev–Trinajstić information content (AvgIpc) is 2.48. The molecule has 0 fully saturated rings. The zero-order chi connectivity index (χ0) is 15.6. The molecule has 2 rings (SSSR count). The summed E-state index contributed by atoms with van der Waals surface area (Å²) < 4.78 is 0. The molecule has 0 heterocycles. The molecule has 21 heavy (non-hydrogen) atoms. The topological polar surface area (TPSA) is 40.5 Å². The highest BCUT2D eigenvalue weighted by Crippen LogP contribution is 2.28. The first-order valence-electron chi connectivity index (χ1n) is 6.73. The molecule has 0 bridgehead atoms. The van der Waals surface area contributed by atoms with Crippen LogP contribution in [0.2, 0.25) is 5.02 Å². The molecule has 0 aliphatic rings. The number of benzene rings is 2. The van der Waals surface area contributed by atoms with E-state index in [0.29, 0.717) is 16.1 Å². The molecule has 0 aliphatic heterocycles. The van der Waals surface area contributed by atoms with E-state index in [1.807, 2.05) is 32.0 Å². The number of aryl methyl sites for hydroxylation is 1. The van der Waals surface area contributed by atoms with Crippen LogP contribution in [-0.4, -0.2) is 23.0 Å². The molecule has 1 amide bonds. The van der Waals surface area contributed by atoms with E-state index in [1.54, 1.807) is 36.2 Å². The summed E-state index contributed by atoms with van der Waals surface area (Å²) in [5, 5.41) is 10.5. The second-order valence-corrected chi connectivity index (χ2v) is 5.55. The second-order valence-electron chi connectivity index (χ2n) is 5.11. The van der Waals surface area contributed by atoms with Crippen molar-refractivity contribution in [2.24, 2.45) is 0 Å². The van der Waals surface area contributed by atoms with Crippen molar-refractivity contribution in [3.05, 3.63) is 64.2 Å². The lowest BCUT2D eigenvalue weighted by Gasteiger charge is -2.26. The van der Waals surface area contributed by atoms with Crippen molar-refractivity contribution >= 4 is 17.5 Å². The van der Waals surface area contributed by atoms with Gasteiger partial charge in [0.05, 0.1) is 6.04 Å². The number of phenolic OH excluding ortho intramolecular Hbond substituents is 1. The Bertz CT molecular complexity index is 670. The third-order valence-corrected chi connectivity index (χ3v) is 3.95. The number of rotatable bonds is 3. The molecule has 1 N–H and O–H groups in total. The second kappa shape index (κ2) is 6.19. The number of amides is 1. The maximum absolute atomic E-state index is 12.6. The van der Waals surface area contributed by atoms with Gasteiger partial charge in [-0.25, -0.2) is 0 Å². The monoisotopic (exact) mass is 303 g/mol. The van der Waals surface area contributed by atoms with Gasteiger partial charge < -0.3 is 10.0 Å². The summed E-state index contributed by atoms with van der Waals surface area (Å²) in [6.07, 6.45) is 0. The fraction of sp³-hybridized carbons (Fsp3) is 0.235. The van der Waals surface area contributed by atoms with Gasteiger partial charge in [-0.2, -0.15) is 0 Å². The molecule has 0 aromatic heterocycles. The minimum Gasteiger partial charge on any atom is -0.508 e. The minimum absolute atomic E-state index is 0.120. The average molecular weight is 304 g/mol. The molecule has 0 saturated carbocycles. The van der Waals surface area contributed by atoms with E-state index in [0.717, 1.165) is 5.56 Å². The predicted octanol–water partition coefficient (Wildman–Crippen LogP) is 4.19. The van der Waals surface area contributed by atoms with Gasteiger partial charge in [-0.05, 0) is 37.6 Å². The first kappa shape index (κ1) is 15.4. The van der Waals surface area contributed by atoms with Crippen molar-refractivity contribution in [2.45, 2.75) is 19.9 Å².